The second-order valence-corrected chi connectivity index (χ2v) is 10.0. The standard InChI is InChI=1S/C21H26F10O2/c1-15(2,14-8-7-12-13(32)6-4-10-16(12,14)3)9-5-11-17(33,18(22,23)20(26,27)28)19(24,25)21(29,30)31/h5,11-12,14,33H,4,6-10H2,1-3H3/b11-5-/t12-,14?,16-/m0/s1. The van der Waals surface area contributed by atoms with Gasteiger partial charge in [-0.15, -0.1) is 0 Å². The van der Waals surface area contributed by atoms with Crippen LogP contribution in [-0.4, -0.2) is 40.7 Å². The average molecular weight is 500 g/mol. The van der Waals surface area contributed by atoms with Crippen molar-refractivity contribution < 1.29 is 53.8 Å². The van der Waals surface area contributed by atoms with Gasteiger partial charge < -0.3 is 5.11 Å². The molecule has 1 unspecified atom stereocenters. The molecule has 0 radical (unpaired) electrons. The summed E-state index contributed by atoms with van der Waals surface area (Å²) in [6.07, 6.45) is -12.0. The quantitative estimate of drug-likeness (QED) is 0.319. The molecule has 2 rings (SSSR count). The van der Waals surface area contributed by atoms with Gasteiger partial charge in [-0.25, -0.2) is 0 Å². The maximum absolute atomic E-state index is 13.8. The van der Waals surface area contributed by atoms with Crippen LogP contribution in [0.15, 0.2) is 12.2 Å². The molecule has 3 atom stereocenters. The Hall–Kier alpha value is -1.33. The van der Waals surface area contributed by atoms with E-state index in [1.54, 1.807) is 13.8 Å². The van der Waals surface area contributed by atoms with Crippen LogP contribution in [0.25, 0.3) is 0 Å². The van der Waals surface area contributed by atoms with E-state index in [2.05, 4.69) is 0 Å². The van der Waals surface area contributed by atoms with Gasteiger partial charge in [0.1, 0.15) is 5.78 Å². The zero-order valence-corrected chi connectivity index (χ0v) is 18.2. The Morgan fingerprint density at radius 3 is 1.88 bits per heavy atom. The molecule has 192 valence electrons. The third-order valence-electron chi connectivity index (χ3n) is 7.48. The Balaban J connectivity index is 2.41. The van der Waals surface area contributed by atoms with Gasteiger partial charge in [-0.1, -0.05) is 26.8 Å². The monoisotopic (exact) mass is 500 g/mol. The third-order valence-corrected chi connectivity index (χ3v) is 7.48. The van der Waals surface area contributed by atoms with E-state index in [1.165, 1.54) is 0 Å². The number of alkyl halides is 10. The third kappa shape index (κ3) is 4.29. The van der Waals surface area contributed by atoms with E-state index in [1.807, 2.05) is 6.92 Å². The van der Waals surface area contributed by atoms with Crippen LogP contribution >= 0.6 is 0 Å². The first-order valence-corrected chi connectivity index (χ1v) is 10.4. The van der Waals surface area contributed by atoms with Crippen LogP contribution in [0.2, 0.25) is 0 Å². The molecule has 0 aromatic heterocycles. The summed E-state index contributed by atoms with van der Waals surface area (Å²) >= 11 is 0. The van der Waals surface area contributed by atoms with Crippen molar-refractivity contribution in [2.75, 3.05) is 0 Å². The lowest BCUT2D eigenvalue weighted by Gasteiger charge is -2.46. The highest BCUT2D eigenvalue weighted by atomic mass is 19.4. The van der Waals surface area contributed by atoms with Gasteiger partial charge >= 0.3 is 24.2 Å². The molecule has 2 nitrogen and oxygen atoms in total. The van der Waals surface area contributed by atoms with Crippen molar-refractivity contribution in [3.05, 3.63) is 12.2 Å². The number of fused-ring (bicyclic) bond motifs is 1. The van der Waals surface area contributed by atoms with Gasteiger partial charge in [0.2, 0.25) is 5.60 Å². The van der Waals surface area contributed by atoms with Crippen LogP contribution in [0.5, 0.6) is 0 Å². The van der Waals surface area contributed by atoms with E-state index in [9.17, 15) is 53.8 Å². The molecule has 0 spiro atoms. The topological polar surface area (TPSA) is 37.3 Å². The first-order chi connectivity index (χ1) is 14.6. The van der Waals surface area contributed by atoms with Crippen LogP contribution < -0.4 is 0 Å². The molecule has 2 saturated carbocycles. The lowest BCUT2D eigenvalue weighted by Crippen LogP contribution is -2.69. The number of aliphatic hydroxyl groups is 1. The van der Waals surface area contributed by atoms with Crippen molar-refractivity contribution in [3.8, 4) is 0 Å². The number of halogens is 10. The fourth-order valence-corrected chi connectivity index (χ4v) is 5.73. The van der Waals surface area contributed by atoms with Crippen molar-refractivity contribution in [1.29, 1.82) is 0 Å². The Morgan fingerprint density at radius 2 is 1.42 bits per heavy atom. The summed E-state index contributed by atoms with van der Waals surface area (Å²) in [5.74, 6) is -14.1. The Labute approximate surface area is 184 Å². The molecular weight excluding hydrogens is 474 g/mol. The number of allylic oxidation sites excluding steroid dienone is 1. The molecule has 2 aliphatic rings. The van der Waals surface area contributed by atoms with Crippen molar-refractivity contribution in [2.24, 2.45) is 22.7 Å². The summed E-state index contributed by atoms with van der Waals surface area (Å²) in [5, 5.41) is 9.60. The normalized spacial score (nSPS) is 28.5. The van der Waals surface area contributed by atoms with E-state index >= 15 is 0 Å². The summed E-state index contributed by atoms with van der Waals surface area (Å²) < 4.78 is 132. The molecule has 2 fully saturated rings. The fourth-order valence-electron chi connectivity index (χ4n) is 5.73. The largest absolute Gasteiger partial charge is 0.457 e. The number of ketones is 1. The zero-order chi connectivity index (χ0) is 25.9. The van der Waals surface area contributed by atoms with E-state index < -0.39 is 53.1 Å². The Bertz CT molecular complexity index is 755. The van der Waals surface area contributed by atoms with Crippen molar-refractivity contribution in [1.82, 2.24) is 0 Å². The van der Waals surface area contributed by atoms with Crippen molar-refractivity contribution in [3.63, 3.8) is 0 Å². The summed E-state index contributed by atoms with van der Waals surface area (Å²) in [7, 11) is 0. The minimum atomic E-state index is -6.88. The first kappa shape index (κ1) is 27.9. The number of hydrogen-bond donors (Lipinski definition) is 1. The van der Waals surface area contributed by atoms with Gasteiger partial charge in [-0.2, -0.15) is 43.9 Å². The highest BCUT2D eigenvalue weighted by Crippen LogP contribution is 2.61. The zero-order valence-electron chi connectivity index (χ0n) is 18.2. The summed E-state index contributed by atoms with van der Waals surface area (Å²) in [5.41, 5.74) is -7.37. The molecule has 0 aromatic carbocycles. The number of rotatable bonds is 6. The summed E-state index contributed by atoms with van der Waals surface area (Å²) in [6, 6.07) is 0. The average Bonchev–Trinajstić information content (AvgIpc) is 2.98. The molecule has 0 bridgehead atoms. The van der Waals surface area contributed by atoms with Gasteiger partial charge in [-0.3, -0.25) is 4.79 Å². The lowest BCUT2D eigenvalue weighted by molar-refractivity contribution is -0.409. The minimum Gasteiger partial charge on any atom is -0.374 e. The molecule has 0 heterocycles. The highest BCUT2D eigenvalue weighted by Gasteiger charge is 2.83. The molecule has 0 aromatic rings. The van der Waals surface area contributed by atoms with Crippen LogP contribution in [0.1, 0.15) is 59.3 Å². The molecule has 0 aliphatic heterocycles. The van der Waals surface area contributed by atoms with Gasteiger partial charge in [0.15, 0.2) is 0 Å². The molecule has 1 N–H and O–H groups in total. The smallest absolute Gasteiger partial charge is 0.374 e. The lowest BCUT2D eigenvalue weighted by atomic mass is 9.58. The maximum Gasteiger partial charge on any atom is 0.457 e. The van der Waals surface area contributed by atoms with Gasteiger partial charge in [0.25, 0.3) is 0 Å². The van der Waals surface area contributed by atoms with E-state index in [4.69, 9.17) is 0 Å². The predicted octanol–water partition coefficient (Wildman–Crippen LogP) is 6.87. The highest BCUT2D eigenvalue weighted by molar-refractivity contribution is 5.83. The van der Waals surface area contributed by atoms with E-state index in [0.717, 1.165) is 0 Å². The summed E-state index contributed by atoms with van der Waals surface area (Å²) in [6.45, 7) is 4.99. The molecule has 0 amide bonds. The van der Waals surface area contributed by atoms with Crippen molar-refractivity contribution in [2.45, 2.75) is 89.1 Å². The van der Waals surface area contributed by atoms with Gasteiger partial charge in [-0.05, 0) is 54.9 Å². The number of carbonyl (C=O) groups is 1. The fraction of sp³-hybridized carbons (Fsp3) is 0.857. The SMILES string of the molecule is CC(C)(C/C=C\C(O)(C(F)(F)C(F)(F)F)C(F)(F)C(F)(F)F)C1CC[C@H]2C(=O)CCC[C@]12C. The molecular formula is C21H26F10O2. The Kier molecular flexibility index (Phi) is 6.87. The predicted molar refractivity (Wildman–Crippen MR) is 97.7 cm³/mol. The molecule has 12 heteroatoms. The minimum absolute atomic E-state index is 0.0570. The van der Waals surface area contributed by atoms with Crippen molar-refractivity contribution >= 4 is 5.78 Å². The second kappa shape index (κ2) is 8.12. The number of hydrogen-bond acceptors (Lipinski definition) is 2. The van der Waals surface area contributed by atoms with E-state index in [0.29, 0.717) is 38.2 Å². The van der Waals surface area contributed by atoms with Crippen LogP contribution in [0.4, 0.5) is 43.9 Å². The molecule has 0 saturated heterocycles. The van der Waals surface area contributed by atoms with Gasteiger partial charge in [0, 0.05) is 12.3 Å². The summed E-state index contributed by atoms with van der Waals surface area (Å²) in [4.78, 5) is 12.3. The molecule has 33 heavy (non-hydrogen) atoms. The van der Waals surface area contributed by atoms with Crippen LogP contribution in [-0.2, 0) is 4.79 Å². The number of Topliss-reactive ketones (excluding diaryl/α,β-unsaturated/α-hetero) is 1. The van der Waals surface area contributed by atoms with E-state index in [-0.39, 0.29) is 17.6 Å². The second-order valence-electron chi connectivity index (χ2n) is 10.0. The first-order valence-electron chi connectivity index (χ1n) is 10.4. The number of carbonyl (C=O) groups excluding carboxylic acids is 1. The Morgan fingerprint density at radius 1 is 0.939 bits per heavy atom. The van der Waals surface area contributed by atoms with Crippen LogP contribution in [0.3, 0.4) is 0 Å². The van der Waals surface area contributed by atoms with Crippen LogP contribution in [0, 0.1) is 22.7 Å². The van der Waals surface area contributed by atoms with Gasteiger partial charge in [0.05, 0.1) is 0 Å². The maximum atomic E-state index is 13.8. The molecule has 2 aliphatic carbocycles.